The summed E-state index contributed by atoms with van der Waals surface area (Å²) in [5, 5.41) is 0. The number of halogens is 2. The molecule has 0 heterocycles. The van der Waals surface area contributed by atoms with Crippen molar-refractivity contribution in [3.8, 4) is 0 Å². The van der Waals surface area contributed by atoms with Crippen molar-refractivity contribution in [1.82, 2.24) is 0 Å². The predicted molar refractivity (Wildman–Crippen MR) is 125 cm³/mol. The molecule has 0 spiro atoms. The molecule has 4 rings (SSSR count). The monoisotopic (exact) mass is 547 g/mol. The second-order valence-electron chi connectivity index (χ2n) is 9.41. The third kappa shape index (κ3) is 5.50. The first kappa shape index (κ1) is 26.7. The summed E-state index contributed by atoms with van der Waals surface area (Å²) in [4.78, 5) is 0. The molecular formula is C26H31Cl2OSiZr. The van der Waals surface area contributed by atoms with Crippen molar-refractivity contribution < 1.29 is 52.0 Å². The maximum absolute atomic E-state index is 6.27. The largest absolute Gasteiger partial charge is 1.00 e. The molecule has 0 fully saturated rings. The summed E-state index contributed by atoms with van der Waals surface area (Å²) >= 11 is -0.837. The Hall–Kier alpha value is -0.570. The van der Waals surface area contributed by atoms with Crippen LogP contribution in [0.5, 0.6) is 0 Å². The minimum absolute atomic E-state index is 0. The predicted octanol–water partition coefficient (Wildman–Crippen LogP) is 0.634. The van der Waals surface area contributed by atoms with Gasteiger partial charge in [-0.2, -0.15) is 0 Å². The van der Waals surface area contributed by atoms with Crippen molar-refractivity contribution >= 4 is 23.7 Å². The van der Waals surface area contributed by atoms with Gasteiger partial charge in [0.2, 0.25) is 0 Å². The van der Waals surface area contributed by atoms with Gasteiger partial charge in [0.25, 0.3) is 0 Å². The summed E-state index contributed by atoms with van der Waals surface area (Å²) in [5.74, 6) is 0.449. The quantitative estimate of drug-likeness (QED) is 0.481. The van der Waals surface area contributed by atoms with Crippen molar-refractivity contribution in [2.45, 2.75) is 49.0 Å². The fourth-order valence-corrected chi connectivity index (χ4v) is 10.0. The van der Waals surface area contributed by atoms with Gasteiger partial charge in [0.05, 0.1) is 0 Å². The molecule has 5 heteroatoms. The zero-order chi connectivity index (χ0) is 20.6. The molecule has 2 aliphatic carbocycles. The molecule has 0 N–H and O–H groups in total. The van der Waals surface area contributed by atoms with Crippen LogP contribution in [-0.4, -0.2) is 18.1 Å². The van der Waals surface area contributed by atoms with Crippen LogP contribution in [0.2, 0.25) is 19.6 Å². The Morgan fingerprint density at radius 3 is 2.29 bits per heavy atom. The van der Waals surface area contributed by atoms with E-state index in [9.17, 15) is 0 Å². The summed E-state index contributed by atoms with van der Waals surface area (Å²) in [6, 6.07) is 18.1. The molecule has 0 aliphatic heterocycles. The summed E-state index contributed by atoms with van der Waals surface area (Å²) in [6.07, 6.45) is 8.45. The van der Waals surface area contributed by atoms with Crippen LogP contribution in [0.15, 0.2) is 60.2 Å². The van der Waals surface area contributed by atoms with Gasteiger partial charge in [-0.1, -0.05) is 0 Å². The number of rotatable bonds is 6. The van der Waals surface area contributed by atoms with E-state index >= 15 is 0 Å². The number of allylic oxidation sites excluding steroid dienone is 1. The molecule has 2 atom stereocenters. The van der Waals surface area contributed by atoms with Crippen LogP contribution in [-0.2, 0) is 30.3 Å². The van der Waals surface area contributed by atoms with Gasteiger partial charge in [0.15, 0.2) is 0 Å². The Labute approximate surface area is 212 Å². The number of hydrogen-bond donors (Lipinski definition) is 0. The molecular weight excluding hydrogens is 519 g/mol. The van der Waals surface area contributed by atoms with Crippen LogP contribution in [0.25, 0.3) is 12.2 Å². The minimum atomic E-state index is -1.50. The summed E-state index contributed by atoms with van der Waals surface area (Å²) in [6.45, 7) is 12.4. The van der Waals surface area contributed by atoms with E-state index in [1.165, 1.54) is 16.7 Å². The Morgan fingerprint density at radius 2 is 1.61 bits per heavy atom. The van der Waals surface area contributed by atoms with Gasteiger partial charge in [-0.3, -0.25) is 0 Å². The normalized spacial score (nSPS) is 20.7. The van der Waals surface area contributed by atoms with Crippen molar-refractivity contribution in [3.63, 3.8) is 0 Å². The van der Waals surface area contributed by atoms with E-state index in [1.54, 1.807) is 14.3 Å². The molecule has 0 amide bonds. The molecule has 163 valence electrons. The number of benzene rings is 2. The van der Waals surface area contributed by atoms with E-state index in [0.717, 1.165) is 13.0 Å². The van der Waals surface area contributed by atoms with Gasteiger partial charge < -0.3 is 24.8 Å². The molecule has 31 heavy (non-hydrogen) atoms. The zero-order valence-electron chi connectivity index (χ0n) is 19.0. The Kier molecular flexibility index (Phi) is 9.10. The van der Waals surface area contributed by atoms with Crippen molar-refractivity contribution in [2.24, 2.45) is 0 Å². The first-order chi connectivity index (χ1) is 13.8. The van der Waals surface area contributed by atoms with E-state index < -0.39 is 31.1 Å². The fourth-order valence-electron chi connectivity index (χ4n) is 4.79. The van der Waals surface area contributed by atoms with Gasteiger partial charge in [0.1, 0.15) is 0 Å². The van der Waals surface area contributed by atoms with Crippen LogP contribution >= 0.6 is 0 Å². The average Bonchev–Trinajstić information content (AvgIpc) is 3.19. The molecule has 2 aromatic carbocycles. The van der Waals surface area contributed by atoms with E-state index in [-0.39, 0.29) is 27.9 Å². The van der Waals surface area contributed by atoms with Crippen molar-refractivity contribution in [2.75, 3.05) is 6.61 Å². The van der Waals surface area contributed by atoms with Crippen LogP contribution in [0.3, 0.4) is 0 Å². The molecule has 0 saturated carbocycles. The molecule has 0 radical (unpaired) electrons. The number of hydrogen-bond acceptors (Lipinski definition) is 1. The van der Waals surface area contributed by atoms with Crippen LogP contribution in [0.4, 0.5) is 0 Å². The molecule has 0 bridgehead atoms. The molecule has 2 unspecified atom stereocenters. The maximum atomic E-state index is 6.27. The fraction of sp³-hybridized carbons (Fsp3) is 0.346. The maximum Gasteiger partial charge on any atom is -1.00 e. The summed E-state index contributed by atoms with van der Waals surface area (Å²) < 4.78 is 8.09. The van der Waals surface area contributed by atoms with Gasteiger partial charge in [-0.15, -0.1) is 0 Å². The molecule has 2 aromatic rings. The van der Waals surface area contributed by atoms with Crippen molar-refractivity contribution in [1.29, 1.82) is 0 Å². The molecule has 0 aromatic heterocycles. The molecule has 0 saturated heterocycles. The van der Waals surface area contributed by atoms with Crippen LogP contribution in [0.1, 0.15) is 48.4 Å². The third-order valence-electron chi connectivity index (χ3n) is 5.79. The Bertz CT molecular complexity index is 1020. The van der Waals surface area contributed by atoms with Crippen LogP contribution < -0.4 is 24.8 Å². The van der Waals surface area contributed by atoms with E-state index in [2.05, 4.69) is 100 Å². The van der Waals surface area contributed by atoms with Gasteiger partial charge in [0, 0.05) is 0 Å². The smallest absolute Gasteiger partial charge is 1.00 e. The third-order valence-corrected chi connectivity index (χ3v) is 10.9. The average molecular weight is 550 g/mol. The van der Waals surface area contributed by atoms with E-state index in [4.69, 9.17) is 4.43 Å². The summed E-state index contributed by atoms with van der Waals surface area (Å²) in [5.41, 5.74) is 7.45. The number of fused-ring (bicyclic) bond motifs is 2. The minimum Gasteiger partial charge on any atom is -1.00 e. The SMILES string of the molecule is C[C](C)=[Zr+2][C]1(C2C(CCO[Si](C)(C)C)=Cc3ccccc32)C=Cc2ccccc21.[Cl-].[Cl-]. The topological polar surface area (TPSA) is 9.23 Å². The second kappa shape index (κ2) is 10.6. The van der Waals surface area contributed by atoms with Crippen molar-refractivity contribution in [3.05, 3.63) is 82.4 Å². The van der Waals surface area contributed by atoms with E-state index in [1.807, 2.05) is 0 Å². The molecule has 1 nitrogen and oxygen atoms in total. The Morgan fingerprint density at radius 1 is 0.968 bits per heavy atom. The zero-order valence-corrected chi connectivity index (χ0v) is 24.0. The van der Waals surface area contributed by atoms with Crippen LogP contribution in [0, 0.1) is 0 Å². The summed E-state index contributed by atoms with van der Waals surface area (Å²) in [7, 11) is -1.50. The first-order valence-electron chi connectivity index (χ1n) is 10.6. The molecule has 2 aliphatic rings. The Balaban J connectivity index is 0.00000171. The van der Waals surface area contributed by atoms with Gasteiger partial charge >= 0.3 is 189 Å². The van der Waals surface area contributed by atoms with E-state index in [0.29, 0.717) is 5.92 Å². The van der Waals surface area contributed by atoms with Gasteiger partial charge in [-0.05, 0) is 0 Å². The van der Waals surface area contributed by atoms with Gasteiger partial charge in [-0.25, -0.2) is 0 Å². The second-order valence-corrected chi connectivity index (χ2v) is 19.0. The standard InChI is InChI=1S/C23H25OSi.C3H6.2ClH.Zr/c1-25(2,3)24-15-14-19-16-18-9-5-7-11-21(18)23(19)22-13-12-17-8-4-6-10-20(17)22;1-3-2;;;/h4-13,16,23H,14-15H2,1-3H3;1-2H3;2*1H;/q;;;;+2/p-2. The first-order valence-corrected chi connectivity index (χ1v) is 16.5.